The second-order valence-corrected chi connectivity index (χ2v) is 16.5. The Balaban J connectivity index is 1.64. The molecular weight excluding hydrogens is 474 g/mol. The maximum absolute atomic E-state index is 13.3. The smallest absolute Gasteiger partial charge is 0.273 e. The van der Waals surface area contributed by atoms with Gasteiger partial charge in [0.1, 0.15) is 18.2 Å². The molecule has 0 atom stereocenters. The van der Waals surface area contributed by atoms with Crippen molar-refractivity contribution in [1.29, 1.82) is 5.26 Å². The van der Waals surface area contributed by atoms with Crippen LogP contribution in [-0.2, 0) is 15.8 Å². The molecule has 0 aliphatic heterocycles. The second-order valence-electron chi connectivity index (χ2n) is 10.7. The van der Waals surface area contributed by atoms with Gasteiger partial charge in [0.2, 0.25) is 0 Å². The average molecular weight is 512 g/mol. The largest absolute Gasteiger partial charge is 0.468 e. The van der Waals surface area contributed by atoms with Crippen LogP contribution >= 0.6 is 11.3 Å². The SMILES string of the molecule is Cc1cccc(CN(C(=O)C(C#N)=Cc2cnc(OCCO[Si](C)(C)C(C)(C)C)s2)C2CC2)c1C. The number of aryl methyl sites for hydroxylation is 1. The Morgan fingerprint density at radius 1 is 1.29 bits per heavy atom. The quantitative estimate of drug-likeness (QED) is 0.163. The van der Waals surface area contributed by atoms with Crippen LogP contribution in [0.2, 0.25) is 18.1 Å². The van der Waals surface area contributed by atoms with E-state index in [2.05, 4.69) is 70.9 Å². The van der Waals surface area contributed by atoms with Crippen LogP contribution in [0.25, 0.3) is 6.08 Å². The zero-order chi connectivity index (χ0) is 25.8. The van der Waals surface area contributed by atoms with E-state index in [0.29, 0.717) is 25.0 Å². The Kier molecular flexibility index (Phi) is 8.57. The van der Waals surface area contributed by atoms with Crippen molar-refractivity contribution in [2.45, 2.75) is 78.2 Å². The van der Waals surface area contributed by atoms with Crippen LogP contribution < -0.4 is 4.74 Å². The lowest BCUT2D eigenvalue weighted by Gasteiger charge is -2.36. The highest BCUT2D eigenvalue weighted by Gasteiger charge is 2.37. The van der Waals surface area contributed by atoms with Gasteiger partial charge in [-0.15, -0.1) is 0 Å². The minimum absolute atomic E-state index is 0.124. The second kappa shape index (κ2) is 11.1. The van der Waals surface area contributed by atoms with Crippen LogP contribution in [0.15, 0.2) is 30.0 Å². The van der Waals surface area contributed by atoms with Gasteiger partial charge in [-0.1, -0.05) is 50.3 Å². The fraction of sp³-hybridized carbons (Fsp3) is 0.519. The number of benzene rings is 1. The van der Waals surface area contributed by atoms with Gasteiger partial charge in [-0.05, 0) is 67.6 Å². The van der Waals surface area contributed by atoms with Crippen molar-refractivity contribution in [1.82, 2.24) is 9.88 Å². The molecule has 3 rings (SSSR count). The van der Waals surface area contributed by atoms with E-state index in [4.69, 9.17) is 9.16 Å². The molecule has 2 aromatic rings. The average Bonchev–Trinajstić information content (AvgIpc) is 3.53. The third-order valence-electron chi connectivity index (χ3n) is 7.02. The topological polar surface area (TPSA) is 75.5 Å². The Hall–Kier alpha value is -2.47. The molecule has 8 heteroatoms. The van der Waals surface area contributed by atoms with Gasteiger partial charge in [0.15, 0.2) is 8.32 Å². The first-order valence-electron chi connectivity index (χ1n) is 12.1. The third kappa shape index (κ3) is 7.03. The predicted octanol–water partition coefficient (Wildman–Crippen LogP) is 6.26. The molecule has 6 nitrogen and oxygen atoms in total. The number of rotatable bonds is 10. The lowest BCUT2D eigenvalue weighted by molar-refractivity contribution is -0.127. The molecule has 0 spiro atoms. The molecule has 1 saturated carbocycles. The first-order valence-corrected chi connectivity index (χ1v) is 15.9. The molecule has 1 heterocycles. The number of ether oxygens (including phenoxy) is 1. The molecule has 0 bridgehead atoms. The number of amides is 1. The van der Waals surface area contributed by atoms with Crippen molar-refractivity contribution in [2.24, 2.45) is 0 Å². The van der Waals surface area contributed by atoms with Gasteiger partial charge in [-0.2, -0.15) is 5.26 Å². The van der Waals surface area contributed by atoms with Gasteiger partial charge in [-0.3, -0.25) is 4.79 Å². The fourth-order valence-electron chi connectivity index (χ4n) is 3.40. The number of hydrogen-bond donors (Lipinski definition) is 0. The number of thiazole rings is 1. The molecule has 0 unspecified atom stereocenters. The van der Waals surface area contributed by atoms with Crippen molar-refractivity contribution in [3.05, 3.63) is 51.5 Å². The minimum Gasteiger partial charge on any atom is -0.468 e. The van der Waals surface area contributed by atoms with Crippen LogP contribution in [0.5, 0.6) is 5.19 Å². The Bertz CT molecular complexity index is 1120. The summed E-state index contributed by atoms with van der Waals surface area (Å²) >= 11 is 1.33. The van der Waals surface area contributed by atoms with Gasteiger partial charge < -0.3 is 14.1 Å². The van der Waals surface area contributed by atoms with Crippen molar-refractivity contribution in [3.8, 4) is 11.3 Å². The summed E-state index contributed by atoms with van der Waals surface area (Å²) in [6, 6.07) is 8.46. The van der Waals surface area contributed by atoms with E-state index in [9.17, 15) is 10.1 Å². The number of nitriles is 1. The van der Waals surface area contributed by atoms with E-state index < -0.39 is 8.32 Å². The molecular formula is C27H37N3O3SSi. The van der Waals surface area contributed by atoms with Crippen LogP contribution in [0.1, 0.15) is 55.2 Å². The van der Waals surface area contributed by atoms with E-state index in [0.717, 1.165) is 23.3 Å². The highest BCUT2D eigenvalue weighted by Crippen LogP contribution is 2.36. The van der Waals surface area contributed by atoms with E-state index >= 15 is 0 Å². The van der Waals surface area contributed by atoms with Crippen LogP contribution in [0, 0.1) is 25.2 Å². The predicted molar refractivity (Wildman–Crippen MR) is 144 cm³/mol. The maximum atomic E-state index is 13.3. The summed E-state index contributed by atoms with van der Waals surface area (Å²) in [4.78, 5) is 20.2. The van der Waals surface area contributed by atoms with Gasteiger partial charge in [0.25, 0.3) is 11.1 Å². The van der Waals surface area contributed by atoms with Crippen molar-refractivity contribution >= 4 is 31.6 Å². The molecule has 1 amide bonds. The molecule has 35 heavy (non-hydrogen) atoms. The zero-order valence-electron chi connectivity index (χ0n) is 22.0. The number of nitrogens with zero attached hydrogens (tertiary/aromatic N) is 3. The van der Waals surface area contributed by atoms with Gasteiger partial charge in [0.05, 0.1) is 11.5 Å². The number of carbonyl (C=O) groups excluding carboxylic acids is 1. The molecule has 0 radical (unpaired) electrons. The van der Waals surface area contributed by atoms with Gasteiger partial charge >= 0.3 is 0 Å². The molecule has 1 aliphatic carbocycles. The Labute approximate surface area is 214 Å². The van der Waals surface area contributed by atoms with Gasteiger partial charge in [0, 0.05) is 18.8 Å². The molecule has 1 aliphatic rings. The third-order valence-corrected chi connectivity index (χ3v) is 12.4. The lowest BCUT2D eigenvalue weighted by atomic mass is 10.0. The van der Waals surface area contributed by atoms with Crippen molar-refractivity contribution < 1.29 is 14.0 Å². The molecule has 188 valence electrons. The first-order chi connectivity index (χ1) is 16.4. The normalized spacial score (nSPS) is 14.5. The lowest BCUT2D eigenvalue weighted by Crippen LogP contribution is -2.41. The van der Waals surface area contributed by atoms with E-state index in [-0.39, 0.29) is 22.6 Å². The number of hydrogen-bond acceptors (Lipinski definition) is 6. The standard InChI is InChI=1S/C27H37N3O3SSi/c1-19-9-8-10-21(20(19)2)18-30(23-11-12-23)25(31)22(16-28)15-24-17-29-26(34-24)32-13-14-33-35(6,7)27(3,4)5/h8-10,15,17,23H,11-14,18H2,1-7H3. The van der Waals surface area contributed by atoms with Crippen LogP contribution in [0.4, 0.5) is 0 Å². The number of aromatic nitrogens is 1. The molecule has 0 saturated heterocycles. The van der Waals surface area contributed by atoms with Crippen molar-refractivity contribution in [3.63, 3.8) is 0 Å². The highest BCUT2D eigenvalue weighted by molar-refractivity contribution is 7.14. The molecule has 1 fully saturated rings. The summed E-state index contributed by atoms with van der Waals surface area (Å²) in [5.74, 6) is -0.227. The van der Waals surface area contributed by atoms with Crippen molar-refractivity contribution in [2.75, 3.05) is 13.2 Å². The molecule has 1 aromatic heterocycles. The highest BCUT2D eigenvalue weighted by atomic mass is 32.1. The van der Waals surface area contributed by atoms with Crippen LogP contribution in [-0.4, -0.2) is 43.4 Å². The summed E-state index contributed by atoms with van der Waals surface area (Å²) in [5, 5.41) is 10.4. The molecule has 1 aromatic carbocycles. The Morgan fingerprint density at radius 3 is 2.63 bits per heavy atom. The van der Waals surface area contributed by atoms with Gasteiger partial charge in [-0.25, -0.2) is 4.98 Å². The van der Waals surface area contributed by atoms with E-state index in [1.165, 1.54) is 22.5 Å². The monoisotopic (exact) mass is 511 g/mol. The maximum Gasteiger partial charge on any atom is 0.273 e. The first kappa shape index (κ1) is 27.1. The minimum atomic E-state index is -1.81. The number of carbonyl (C=O) groups is 1. The summed E-state index contributed by atoms with van der Waals surface area (Å²) < 4.78 is 11.9. The summed E-state index contributed by atoms with van der Waals surface area (Å²) in [6.45, 7) is 16.6. The summed E-state index contributed by atoms with van der Waals surface area (Å²) in [6.07, 6.45) is 5.22. The molecule has 0 N–H and O–H groups in total. The van der Waals surface area contributed by atoms with E-state index in [1.807, 2.05) is 11.0 Å². The summed E-state index contributed by atoms with van der Waals surface area (Å²) in [7, 11) is -1.81. The van der Waals surface area contributed by atoms with E-state index in [1.54, 1.807) is 12.3 Å². The van der Waals surface area contributed by atoms with Crippen LogP contribution in [0.3, 0.4) is 0 Å². The fourth-order valence-corrected chi connectivity index (χ4v) is 5.16. The summed E-state index contributed by atoms with van der Waals surface area (Å²) in [5.41, 5.74) is 3.64. The zero-order valence-corrected chi connectivity index (χ0v) is 23.8. The Morgan fingerprint density at radius 2 is 2.00 bits per heavy atom.